The lowest BCUT2D eigenvalue weighted by atomic mass is 9.76. The Kier molecular flexibility index (Phi) is 4.90. The Morgan fingerprint density at radius 2 is 1.81 bits per heavy atom. The summed E-state index contributed by atoms with van der Waals surface area (Å²) in [5.41, 5.74) is -3.24. The Balaban J connectivity index is 2.28. The molecule has 1 aromatic heterocycles. The third-order valence-electron chi connectivity index (χ3n) is 4.58. The average Bonchev–Trinajstić information content (AvgIpc) is 2.59. The molecule has 7 heteroatoms. The second-order valence-electron chi connectivity index (χ2n) is 6.05. The first-order chi connectivity index (χ1) is 12.2. The fraction of sp³-hybridized carbons (Fsp3) is 0.211. The summed E-state index contributed by atoms with van der Waals surface area (Å²) >= 11 is 12.0. The van der Waals surface area contributed by atoms with Gasteiger partial charge in [-0.25, -0.2) is 0 Å². The van der Waals surface area contributed by atoms with Crippen molar-refractivity contribution < 1.29 is 18.3 Å². The largest absolute Gasteiger partial charge is 0.422 e. The number of benzene rings is 2. The number of aliphatic hydroxyl groups is 1. The van der Waals surface area contributed by atoms with Crippen molar-refractivity contribution in [3.05, 3.63) is 76.0 Å². The maximum atomic E-state index is 14.1. The van der Waals surface area contributed by atoms with Crippen molar-refractivity contribution in [2.75, 3.05) is 0 Å². The van der Waals surface area contributed by atoms with Crippen LogP contribution in [0.5, 0.6) is 0 Å². The molecule has 0 bridgehead atoms. The summed E-state index contributed by atoms with van der Waals surface area (Å²) in [6, 6.07) is 10.0. The number of halogens is 5. The third kappa shape index (κ3) is 3.04. The molecule has 0 aliphatic carbocycles. The molecule has 26 heavy (non-hydrogen) atoms. The zero-order chi connectivity index (χ0) is 19.1. The molecule has 3 aromatic rings. The number of hydrogen-bond donors (Lipinski definition) is 1. The van der Waals surface area contributed by atoms with Crippen LogP contribution < -0.4 is 0 Å². The highest BCUT2D eigenvalue weighted by Gasteiger charge is 2.59. The van der Waals surface area contributed by atoms with Gasteiger partial charge in [0, 0.05) is 39.3 Å². The Bertz CT molecular complexity index is 956. The lowest BCUT2D eigenvalue weighted by molar-refractivity contribution is -0.274. The van der Waals surface area contributed by atoms with Gasteiger partial charge in [0.15, 0.2) is 5.60 Å². The summed E-state index contributed by atoms with van der Waals surface area (Å²) in [4.78, 5) is 3.93. The van der Waals surface area contributed by atoms with Gasteiger partial charge in [0.05, 0.1) is 0 Å². The van der Waals surface area contributed by atoms with Gasteiger partial charge in [-0.2, -0.15) is 13.2 Å². The first-order valence-corrected chi connectivity index (χ1v) is 8.49. The topological polar surface area (TPSA) is 33.1 Å². The molecule has 3 rings (SSSR count). The van der Waals surface area contributed by atoms with Crippen LogP contribution in [0.15, 0.2) is 54.9 Å². The van der Waals surface area contributed by atoms with E-state index in [2.05, 4.69) is 4.98 Å². The van der Waals surface area contributed by atoms with E-state index in [0.717, 1.165) is 0 Å². The van der Waals surface area contributed by atoms with E-state index in [0.29, 0.717) is 10.4 Å². The van der Waals surface area contributed by atoms with Gasteiger partial charge in [-0.1, -0.05) is 54.4 Å². The Morgan fingerprint density at radius 1 is 1.08 bits per heavy atom. The molecule has 2 aromatic carbocycles. The number of pyridine rings is 1. The highest BCUT2D eigenvalue weighted by molar-refractivity contribution is 6.35. The third-order valence-corrected chi connectivity index (χ3v) is 5.14. The van der Waals surface area contributed by atoms with Crippen LogP contribution >= 0.6 is 23.2 Å². The predicted molar refractivity (Wildman–Crippen MR) is 96.6 cm³/mol. The van der Waals surface area contributed by atoms with Crippen LogP contribution in [-0.4, -0.2) is 16.3 Å². The van der Waals surface area contributed by atoms with Crippen LogP contribution in [0.25, 0.3) is 10.8 Å². The second-order valence-corrected chi connectivity index (χ2v) is 6.90. The van der Waals surface area contributed by atoms with E-state index in [9.17, 15) is 18.3 Å². The van der Waals surface area contributed by atoms with Gasteiger partial charge in [0.2, 0.25) is 0 Å². The smallest absolute Gasteiger partial charge is 0.376 e. The molecule has 0 fully saturated rings. The highest BCUT2D eigenvalue weighted by Crippen LogP contribution is 2.51. The summed E-state index contributed by atoms with van der Waals surface area (Å²) in [6.07, 6.45) is -2.09. The summed E-state index contributed by atoms with van der Waals surface area (Å²) in [5, 5.41) is 12.1. The molecule has 0 spiro atoms. The van der Waals surface area contributed by atoms with Crippen molar-refractivity contribution in [2.45, 2.75) is 24.6 Å². The highest BCUT2D eigenvalue weighted by atomic mass is 35.5. The normalized spacial score (nSPS) is 15.7. The van der Waals surface area contributed by atoms with Crippen LogP contribution in [0.3, 0.4) is 0 Å². The van der Waals surface area contributed by atoms with Crippen LogP contribution in [-0.2, 0) is 5.60 Å². The first-order valence-electron chi connectivity index (χ1n) is 7.73. The van der Waals surface area contributed by atoms with Crippen LogP contribution in [0, 0.1) is 0 Å². The lowest BCUT2D eigenvalue weighted by Crippen LogP contribution is -2.46. The standard InChI is InChI=1S/C19H14Cl2F3NO/c1-11(14-6-5-13(20)9-17(14)21)18(26,19(22,23)24)16-4-2-3-12-10-25-8-7-15(12)16/h2-11,26H,1H3. The number of rotatable bonds is 3. The molecule has 2 atom stereocenters. The zero-order valence-electron chi connectivity index (χ0n) is 13.6. The maximum Gasteiger partial charge on any atom is 0.422 e. The van der Waals surface area contributed by atoms with E-state index in [1.807, 2.05) is 0 Å². The predicted octanol–water partition coefficient (Wildman–Crippen LogP) is 6.10. The van der Waals surface area contributed by atoms with Gasteiger partial charge in [0.25, 0.3) is 0 Å². The van der Waals surface area contributed by atoms with E-state index in [1.54, 1.807) is 6.07 Å². The fourth-order valence-corrected chi connectivity index (χ4v) is 3.74. The van der Waals surface area contributed by atoms with E-state index >= 15 is 0 Å². The Hall–Kier alpha value is -1.82. The van der Waals surface area contributed by atoms with Gasteiger partial charge in [-0.15, -0.1) is 0 Å². The van der Waals surface area contributed by atoms with E-state index < -0.39 is 17.7 Å². The monoisotopic (exact) mass is 399 g/mol. The van der Waals surface area contributed by atoms with Crippen molar-refractivity contribution in [1.82, 2.24) is 4.98 Å². The van der Waals surface area contributed by atoms with Crippen molar-refractivity contribution in [1.29, 1.82) is 0 Å². The molecule has 1 heterocycles. The molecule has 1 N–H and O–H groups in total. The fourth-order valence-electron chi connectivity index (χ4n) is 3.16. The Labute approximate surface area is 158 Å². The molecule has 136 valence electrons. The van der Waals surface area contributed by atoms with Gasteiger partial charge in [0.1, 0.15) is 0 Å². The van der Waals surface area contributed by atoms with Crippen LogP contribution in [0.1, 0.15) is 24.0 Å². The lowest BCUT2D eigenvalue weighted by Gasteiger charge is -2.37. The molecule has 2 unspecified atom stereocenters. The van der Waals surface area contributed by atoms with E-state index in [1.165, 1.54) is 55.7 Å². The molecule has 0 aliphatic rings. The van der Waals surface area contributed by atoms with Crippen molar-refractivity contribution >= 4 is 34.0 Å². The number of nitrogens with zero attached hydrogens (tertiary/aromatic N) is 1. The SMILES string of the molecule is CC(c1ccc(Cl)cc1Cl)C(O)(c1cccc2cnccc12)C(F)(F)F. The molecule has 0 saturated carbocycles. The quantitative estimate of drug-likeness (QED) is 0.577. The maximum absolute atomic E-state index is 14.1. The van der Waals surface area contributed by atoms with Gasteiger partial charge < -0.3 is 5.11 Å². The molecule has 0 aliphatic heterocycles. The van der Waals surface area contributed by atoms with Crippen LogP contribution in [0.4, 0.5) is 13.2 Å². The molecule has 0 saturated heterocycles. The minimum absolute atomic E-state index is 0.0644. The average molecular weight is 400 g/mol. The summed E-state index contributed by atoms with van der Waals surface area (Å²) < 4.78 is 42.4. The molecule has 0 amide bonds. The number of aromatic nitrogens is 1. The zero-order valence-corrected chi connectivity index (χ0v) is 15.1. The first kappa shape index (κ1) is 19.0. The number of hydrogen-bond acceptors (Lipinski definition) is 2. The van der Waals surface area contributed by atoms with Gasteiger partial charge in [-0.3, -0.25) is 4.98 Å². The van der Waals surface area contributed by atoms with E-state index in [4.69, 9.17) is 23.2 Å². The Morgan fingerprint density at radius 3 is 2.46 bits per heavy atom. The molecular weight excluding hydrogens is 386 g/mol. The molecular formula is C19H14Cl2F3NO. The second kappa shape index (κ2) is 6.72. The van der Waals surface area contributed by atoms with Crippen molar-refractivity contribution in [3.8, 4) is 0 Å². The molecule has 2 nitrogen and oxygen atoms in total. The van der Waals surface area contributed by atoms with Gasteiger partial charge >= 0.3 is 6.18 Å². The minimum atomic E-state index is -4.94. The summed E-state index contributed by atoms with van der Waals surface area (Å²) in [6.45, 7) is 1.29. The van der Waals surface area contributed by atoms with Gasteiger partial charge in [-0.05, 0) is 29.1 Å². The number of alkyl halides is 3. The summed E-state index contributed by atoms with van der Waals surface area (Å²) in [5.74, 6) is -1.37. The number of fused-ring (bicyclic) bond motifs is 1. The summed E-state index contributed by atoms with van der Waals surface area (Å²) in [7, 11) is 0. The minimum Gasteiger partial charge on any atom is -0.376 e. The van der Waals surface area contributed by atoms with Crippen molar-refractivity contribution in [2.24, 2.45) is 0 Å². The van der Waals surface area contributed by atoms with Crippen LogP contribution in [0.2, 0.25) is 10.0 Å². The molecule has 0 radical (unpaired) electrons. The van der Waals surface area contributed by atoms with Crippen molar-refractivity contribution in [3.63, 3.8) is 0 Å². The van der Waals surface area contributed by atoms with E-state index in [-0.39, 0.29) is 21.5 Å².